The minimum Gasteiger partial charge on any atom is -0.394 e. The highest BCUT2D eigenvalue weighted by molar-refractivity contribution is 5.97. The number of carbonyl (C=O) groups excluding carboxylic acids is 1. The van der Waals surface area contributed by atoms with Crippen LogP contribution >= 0.6 is 0 Å². The zero-order valence-corrected chi connectivity index (χ0v) is 10.6. The first-order valence-electron chi connectivity index (χ1n) is 5.74. The number of aliphatic hydroxyl groups is 1. The molecule has 3 rings (SSSR count). The lowest BCUT2D eigenvalue weighted by Crippen LogP contribution is -2.84. The van der Waals surface area contributed by atoms with Crippen LogP contribution in [-0.4, -0.2) is 66.6 Å². The van der Waals surface area contributed by atoms with Crippen LogP contribution in [0.3, 0.4) is 0 Å². The van der Waals surface area contributed by atoms with E-state index < -0.39 is 54.9 Å². The Morgan fingerprint density at radius 3 is 2.11 bits per heavy atom. The summed E-state index contributed by atoms with van der Waals surface area (Å²) >= 11 is 0. The Balaban J connectivity index is 2.59. The highest BCUT2D eigenvalue weighted by Gasteiger charge is 2.81. The second kappa shape index (κ2) is 3.89. The molecule has 4 nitrogen and oxygen atoms in total. The summed E-state index contributed by atoms with van der Waals surface area (Å²) in [5.74, 6) is -9.06. The smallest absolute Gasteiger partial charge is 0.278 e. The number of alkyl halides is 4. The first-order valence-corrected chi connectivity index (χ1v) is 5.74. The number of Topliss-reactive ketones (excluding diaryl/α,β-unsaturated/α-hetero) is 1. The van der Waals surface area contributed by atoms with Crippen molar-refractivity contribution in [2.45, 2.75) is 24.3 Å². The third kappa shape index (κ3) is 1.47. The van der Waals surface area contributed by atoms with Gasteiger partial charge in [0.2, 0.25) is 0 Å². The number of halogens is 4. The van der Waals surface area contributed by atoms with Gasteiger partial charge in [-0.25, -0.2) is 17.6 Å². The first-order chi connectivity index (χ1) is 8.59. The molecule has 8 heteroatoms. The molecule has 0 aromatic rings. The molecular weight excluding hydrogens is 270 g/mol. The Morgan fingerprint density at radius 1 is 1.26 bits per heavy atom. The molecule has 2 bridgehead atoms. The molecule has 0 aromatic carbocycles. The fourth-order valence-corrected chi connectivity index (χ4v) is 2.98. The summed E-state index contributed by atoms with van der Waals surface area (Å²) in [6.45, 7) is -2.64. The van der Waals surface area contributed by atoms with Crippen LogP contribution in [-0.2, 0) is 9.53 Å². The van der Waals surface area contributed by atoms with Crippen LogP contribution in [0.4, 0.5) is 17.6 Å². The molecule has 3 aliphatic heterocycles. The number of rotatable bonds is 3. The van der Waals surface area contributed by atoms with Gasteiger partial charge in [-0.3, -0.25) is 9.69 Å². The largest absolute Gasteiger partial charge is 0.394 e. The molecule has 1 atom stereocenters. The summed E-state index contributed by atoms with van der Waals surface area (Å²) in [7, 11) is 1.21. The van der Waals surface area contributed by atoms with E-state index in [9.17, 15) is 27.5 Å². The van der Waals surface area contributed by atoms with Gasteiger partial charge >= 0.3 is 0 Å². The minimum absolute atomic E-state index is 0.399. The molecule has 3 aliphatic rings. The van der Waals surface area contributed by atoms with E-state index in [1.807, 2.05) is 0 Å². The Kier molecular flexibility index (Phi) is 3.01. The fraction of sp³-hybridized carbons (Fsp3) is 0.909. The van der Waals surface area contributed by atoms with E-state index in [4.69, 9.17) is 4.74 Å². The maximum absolute atomic E-state index is 13.9. The number of fused-ring (bicyclic) bond motifs is 3. The molecule has 0 aliphatic carbocycles. The van der Waals surface area contributed by atoms with Gasteiger partial charge in [0.25, 0.3) is 11.8 Å². The Hall–Kier alpha value is -0.730. The number of ketones is 1. The predicted octanol–water partition coefficient (Wildman–Crippen LogP) is 0.539. The van der Waals surface area contributed by atoms with Crippen molar-refractivity contribution in [3.8, 4) is 0 Å². The van der Waals surface area contributed by atoms with Crippen molar-refractivity contribution in [1.29, 1.82) is 0 Å². The monoisotopic (exact) mass is 285 g/mol. The van der Waals surface area contributed by atoms with Crippen molar-refractivity contribution >= 4 is 5.78 Å². The summed E-state index contributed by atoms with van der Waals surface area (Å²) in [5.41, 5.74) is -4.93. The number of hydrogen-bond donors (Lipinski definition) is 1. The highest BCUT2D eigenvalue weighted by Crippen LogP contribution is 2.59. The van der Waals surface area contributed by atoms with Crippen LogP contribution in [0.5, 0.6) is 0 Å². The van der Waals surface area contributed by atoms with Gasteiger partial charge in [-0.05, 0) is 6.92 Å². The normalized spacial score (nSPS) is 43.5. The molecule has 110 valence electrons. The Labute approximate surface area is 107 Å². The second-order valence-corrected chi connectivity index (χ2v) is 5.34. The van der Waals surface area contributed by atoms with Crippen LogP contribution in [0.15, 0.2) is 0 Å². The van der Waals surface area contributed by atoms with Gasteiger partial charge in [-0.2, -0.15) is 0 Å². The number of nitrogens with zero attached hydrogens (tertiary/aromatic N) is 1. The molecule has 1 N–H and O–H groups in total. The van der Waals surface area contributed by atoms with E-state index in [0.717, 1.165) is 0 Å². The number of methoxy groups -OCH3 is 1. The zero-order chi connectivity index (χ0) is 14.7. The van der Waals surface area contributed by atoms with Gasteiger partial charge in [-0.15, -0.1) is 0 Å². The fourth-order valence-electron chi connectivity index (χ4n) is 2.98. The van der Waals surface area contributed by atoms with E-state index in [2.05, 4.69) is 0 Å². The molecule has 3 saturated heterocycles. The SMILES string of the molecule is COC[C@]1(CO)C(=O)C2(C)C(F)(F)CN1CC2(F)F. The van der Waals surface area contributed by atoms with Crippen molar-refractivity contribution in [2.75, 3.05) is 33.4 Å². The van der Waals surface area contributed by atoms with Crippen LogP contribution in [0, 0.1) is 5.41 Å². The van der Waals surface area contributed by atoms with Crippen molar-refractivity contribution < 1.29 is 32.2 Å². The summed E-state index contributed by atoms with van der Waals surface area (Å²) < 4.78 is 60.3. The van der Waals surface area contributed by atoms with Gasteiger partial charge in [0.05, 0.1) is 26.3 Å². The van der Waals surface area contributed by atoms with Crippen LogP contribution in [0.1, 0.15) is 6.92 Å². The molecule has 3 fully saturated rings. The lowest BCUT2D eigenvalue weighted by Gasteiger charge is -2.61. The van der Waals surface area contributed by atoms with E-state index in [0.29, 0.717) is 11.8 Å². The van der Waals surface area contributed by atoms with Crippen molar-refractivity contribution in [2.24, 2.45) is 5.41 Å². The lowest BCUT2D eigenvalue weighted by atomic mass is 9.60. The Morgan fingerprint density at radius 2 is 1.74 bits per heavy atom. The molecule has 19 heavy (non-hydrogen) atoms. The lowest BCUT2D eigenvalue weighted by molar-refractivity contribution is -0.306. The number of ether oxygens (including phenoxy) is 1. The molecule has 0 spiro atoms. The number of piperidine rings is 3. The predicted molar refractivity (Wildman–Crippen MR) is 56.3 cm³/mol. The topological polar surface area (TPSA) is 49.8 Å². The molecule has 0 amide bonds. The van der Waals surface area contributed by atoms with Gasteiger partial charge in [0.15, 0.2) is 11.2 Å². The number of hydrogen-bond acceptors (Lipinski definition) is 4. The van der Waals surface area contributed by atoms with Crippen LogP contribution in [0.2, 0.25) is 0 Å². The highest BCUT2D eigenvalue weighted by atomic mass is 19.3. The van der Waals surface area contributed by atoms with Crippen molar-refractivity contribution in [3.05, 3.63) is 0 Å². The minimum atomic E-state index is -3.85. The average molecular weight is 285 g/mol. The van der Waals surface area contributed by atoms with E-state index in [1.165, 1.54) is 7.11 Å². The molecule has 0 saturated carbocycles. The van der Waals surface area contributed by atoms with Gasteiger partial charge in [0, 0.05) is 7.11 Å². The van der Waals surface area contributed by atoms with E-state index >= 15 is 0 Å². The zero-order valence-electron chi connectivity index (χ0n) is 10.6. The van der Waals surface area contributed by atoms with Gasteiger partial charge in [0.1, 0.15) is 5.54 Å². The molecule has 3 heterocycles. The van der Waals surface area contributed by atoms with Crippen LogP contribution in [0.25, 0.3) is 0 Å². The average Bonchev–Trinajstić information content (AvgIpc) is 2.29. The molecule has 0 radical (unpaired) electrons. The van der Waals surface area contributed by atoms with Crippen molar-refractivity contribution in [1.82, 2.24) is 4.90 Å². The summed E-state index contributed by atoms with van der Waals surface area (Å²) in [6, 6.07) is 0. The maximum Gasteiger partial charge on any atom is 0.278 e. The quantitative estimate of drug-likeness (QED) is 0.769. The van der Waals surface area contributed by atoms with Crippen molar-refractivity contribution in [3.63, 3.8) is 0 Å². The first kappa shape index (κ1) is 14.7. The van der Waals surface area contributed by atoms with E-state index in [-0.39, 0.29) is 0 Å². The number of carbonyl (C=O) groups is 1. The maximum atomic E-state index is 13.9. The Bertz CT molecular complexity index is 397. The number of aliphatic hydroxyl groups excluding tert-OH is 1. The van der Waals surface area contributed by atoms with Crippen LogP contribution < -0.4 is 0 Å². The summed E-state index contributed by atoms with van der Waals surface area (Å²) in [5, 5.41) is 9.39. The second-order valence-electron chi connectivity index (χ2n) is 5.34. The van der Waals surface area contributed by atoms with E-state index in [1.54, 1.807) is 0 Å². The molecule has 0 unspecified atom stereocenters. The molecular formula is C11H15F4NO3. The molecule has 0 aromatic heterocycles. The summed E-state index contributed by atoms with van der Waals surface area (Å²) in [6.07, 6.45) is 0. The van der Waals surface area contributed by atoms with Gasteiger partial charge in [-0.1, -0.05) is 0 Å². The standard InChI is InChI=1S/C11H15F4NO3/c1-8-7(18)9(5-17,6-19-2)16(3-10(8,12)13)4-11(8,14)15/h17H,3-6H2,1-2H3/t9-/m1/s1. The third-order valence-corrected chi connectivity index (χ3v) is 4.37. The summed E-state index contributed by atoms with van der Waals surface area (Å²) in [4.78, 5) is 12.9. The third-order valence-electron chi connectivity index (χ3n) is 4.37. The van der Waals surface area contributed by atoms with Gasteiger partial charge < -0.3 is 9.84 Å².